The fraction of sp³-hybridized carbons (Fsp3) is 0.273. The van der Waals surface area contributed by atoms with Crippen LogP contribution in [0.1, 0.15) is 11.1 Å². The van der Waals surface area contributed by atoms with Gasteiger partial charge in [-0.2, -0.15) is 9.57 Å². The standard InChI is InChI=1S/C11H11FN2O4S/c1-14(19(17,18)7-11(15)16)6-9-4-8(5-13)2-3-10(9)12/h2-4H,6-7H2,1H3,(H,15,16). The zero-order valence-corrected chi connectivity index (χ0v) is 10.8. The van der Waals surface area contributed by atoms with Gasteiger partial charge in [0.1, 0.15) is 5.82 Å². The molecule has 0 aromatic heterocycles. The minimum absolute atomic E-state index is 0.00973. The molecule has 1 N–H and O–H groups in total. The van der Waals surface area contributed by atoms with Crippen LogP contribution in [0.2, 0.25) is 0 Å². The lowest BCUT2D eigenvalue weighted by molar-refractivity contribution is -0.134. The van der Waals surface area contributed by atoms with E-state index in [-0.39, 0.29) is 17.7 Å². The van der Waals surface area contributed by atoms with E-state index in [0.29, 0.717) is 0 Å². The van der Waals surface area contributed by atoms with E-state index in [1.165, 1.54) is 12.1 Å². The van der Waals surface area contributed by atoms with Gasteiger partial charge in [0.05, 0.1) is 11.6 Å². The Bertz CT molecular complexity index is 637. The molecule has 1 rings (SSSR count). The molecule has 0 aliphatic heterocycles. The second kappa shape index (κ2) is 5.77. The van der Waals surface area contributed by atoms with Crippen molar-refractivity contribution in [3.8, 4) is 6.07 Å². The van der Waals surface area contributed by atoms with Crippen LogP contribution in [0.4, 0.5) is 4.39 Å². The number of carbonyl (C=O) groups is 1. The van der Waals surface area contributed by atoms with Crippen molar-refractivity contribution in [2.75, 3.05) is 12.8 Å². The maximum Gasteiger partial charge on any atom is 0.320 e. The molecule has 0 saturated carbocycles. The van der Waals surface area contributed by atoms with E-state index in [1.54, 1.807) is 0 Å². The summed E-state index contributed by atoms with van der Waals surface area (Å²) in [6.07, 6.45) is 0. The summed E-state index contributed by atoms with van der Waals surface area (Å²) in [5, 5.41) is 17.2. The number of sulfonamides is 1. The first-order valence-corrected chi connectivity index (χ1v) is 6.71. The molecule has 0 aliphatic rings. The van der Waals surface area contributed by atoms with Crippen molar-refractivity contribution in [1.29, 1.82) is 5.26 Å². The molecule has 102 valence electrons. The van der Waals surface area contributed by atoms with Gasteiger partial charge in [0.2, 0.25) is 10.0 Å². The normalized spacial score (nSPS) is 11.3. The molecule has 0 aliphatic carbocycles. The first kappa shape index (κ1) is 15.1. The average Bonchev–Trinajstić information content (AvgIpc) is 2.30. The van der Waals surface area contributed by atoms with Gasteiger partial charge in [-0.1, -0.05) is 0 Å². The average molecular weight is 286 g/mol. The van der Waals surface area contributed by atoms with Crippen LogP contribution in [-0.2, 0) is 21.4 Å². The van der Waals surface area contributed by atoms with Crippen molar-refractivity contribution < 1.29 is 22.7 Å². The first-order valence-electron chi connectivity index (χ1n) is 5.10. The predicted molar refractivity (Wildman–Crippen MR) is 64.0 cm³/mol. The first-order chi connectivity index (χ1) is 8.76. The Morgan fingerprint density at radius 3 is 2.68 bits per heavy atom. The highest BCUT2D eigenvalue weighted by molar-refractivity contribution is 7.89. The summed E-state index contributed by atoms with van der Waals surface area (Å²) in [6, 6.07) is 5.36. The zero-order chi connectivity index (χ0) is 14.6. The van der Waals surface area contributed by atoms with Gasteiger partial charge in [0.25, 0.3) is 0 Å². The van der Waals surface area contributed by atoms with E-state index in [2.05, 4.69) is 0 Å². The lowest BCUT2D eigenvalue weighted by atomic mass is 10.1. The van der Waals surface area contributed by atoms with E-state index < -0.39 is 27.6 Å². The Hall–Kier alpha value is -1.98. The Labute approximate surface area is 109 Å². The number of nitriles is 1. The number of aliphatic carboxylic acids is 1. The molecule has 0 saturated heterocycles. The van der Waals surface area contributed by atoms with E-state index in [0.717, 1.165) is 17.4 Å². The van der Waals surface area contributed by atoms with Crippen molar-refractivity contribution in [1.82, 2.24) is 4.31 Å². The van der Waals surface area contributed by atoms with E-state index in [4.69, 9.17) is 10.4 Å². The maximum absolute atomic E-state index is 13.5. The van der Waals surface area contributed by atoms with Crippen LogP contribution >= 0.6 is 0 Å². The molecule has 1 aromatic rings. The molecular formula is C11H11FN2O4S. The molecule has 19 heavy (non-hydrogen) atoms. The Morgan fingerprint density at radius 1 is 1.53 bits per heavy atom. The predicted octanol–water partition coefficient (Wildman–Crippen LogP) is 0.544. The topological polar surface area (TPSA) is 98.5 Å². The van der Waals surface area contributed by atoms with Crippen LogP contribution < -0.4 is 0 Å². The number of carboxylic acid groups (broad SMARTS) is 1. The van der Waals surface area contributed by atoms with Crippen molar-refractivity contribution in [3.05, 3.63) is 35.1 Å². The molecule has 8 heteroatoms. The second-order valence-corrected chi connectivity index (χ2v) is 5.90. The van der Waals surface area contributed by atoms with Gasteiger partial charge in [0, 0.05) is 19.2 Å². The van der Waals surface area contributed by atoms with Crippen LogP contribution in [0.3, 0.4) is 0 Å². The molecular weight excluding hydrogens is 275 g/mol. The fourth-order valence-corrected chi connectivity index (χ4v) is 2.24. The smallest absolute Gasteiger partial charge is 0.320 e. The molecule has 0 radical (unpaired) electrons. The van der Waals surface area contributed by atoms with Gasteiger partial charge < -0.3 is 5.11 Å². The number of rotatable bonds is 5. The third-order valence-electron chi connectivity index (χ3n) is 2.35. The SMILES string of the molecule is CN(Cc1cc(C#N)ccc1F)S(=O)(=O)CC(=O)O. The summed E-state index contributed by atoms with van der Waals surface area (Å²) in [6.45, 7) is -0.336. The molecule has 1 aromatic carbocycles. The van der Waals surface area contributed by atoms with Gasteiger partial charge in [-0.25, -0.2) is 12.8 Å². The summed E-state index contributed by atoms with van der Waals surface area (Å²) in [7, 11) is -2.86. The zero-order valence-electron chi connectivity index (χ0n) is 10.00. The van der Waals surface area contributed by atoms with Gasteiger partial charge in [-0.15, -0.1) is 0 Å². The highest BCUT2D eigenvalue weighted by Gasteiger charge is 2.22. The van der Waals surface area contributed by atoms with Crippen LogP contribution in [0.15, 0.2) is 18.2 Å². The number of carboxylic acids is 1. The van der Waals surface area contributed by atoms with Crippen LogP contribution in [0.5, 0.6) is 0 Å². The van der Waals surface area contributed by atoms with Crippen LogP contribution in [0.25, 0.3) is 0 Å². The lowest BCUT2D eigenvalue weighted by Crippen LogP contribution is -2.32. The van der Waals surface area contributed by atoms with Crippen molar-refractivity contribution in [2.24, 2.45) is 0 Å². The highest BCUT2D eigenvalue weighted by atomic mass is 32.2. The number of halogens is 1. The maximum atomic E-state index is 13.5. The second-order valence-electron chi connectivity index (χ2n) is 3.82. The summed E-state index contributed by atoms with van der Waals surface area (Å²) >= 11 is 0. The number of nitrogens with zero attached hydrogens (tertiary/aromatic N) is 2. The molecule has 0 atom stereocenters. The third-order valence-corrected chi connectivity index (χ3v) is 4.04. The Morgan fingerprint density at radius 2 is 2.16 bits per heavy atom. The number of hydrogen-bond donors (Lipinski definition) is 1. The van der Waals surface area contributed by atoms with Gasteiger partial charge >= 0.3 is 5.97 Å². The number of hydrogen-bond acceptors (Lipinski definition) is 4. The highest BCUT2D eigenvalue weighted by Crippen LogP contribution is 2.14. The molecule has 0 bridgehead atoms. The summed E-state index contributed by atoms with van der Waals surface area (Å²) < 4.78 is 37.3. The summed E-state index contributed by atoms with van der Waals surface area (Å²) in [5.41, 5.74) is 0.205. The molecule has 0 unspecified atom stereocenters. The van der Waals surface area contributed by atoms with Crippen molar-refractivity contribution in [2.45, 2.75) is 6.54 Å². The van der Waals surface area contributed by atoms with Crippen LogP contribution in [-0.4, -0.2) is 36.6 Å². The quantitative estimate of drug-likeness (QED) is 0.852. The Kier molecular flexibility index (Phi) is 4.58. The van der Waals surface area contributed by atoms with E-state index in [9.17, 15) is 17.6 Å². The third kappa shape index (κ3) is 4.01. The van der Waals surface area contributed by atoms with E-state index in [1.807, 2.05) is 6.07 Å². The summed E-state index contributed by atoms with van der Waals surface area (Å²) in [4.78, 5) is 10.4. The van der Waals surface area contributed by atoms with E-state index >= 15 is 0 Å². The van der Waals surface area contributed by atoms with Crippen molar-refractivity contribution in [3.63, 3.8) is 0 Å². The summed E-state index contributed by atoms with van der Waals surface area (Å²) in [5.74, 6) is -3.21. The Balaban J connectivity index is 2.97. The lowest BCUT2D eigenvalue weighted by Gasteiger charge is -2.16. The molecule has 0 spiro atoms. The van der Waals surface area contributed by atoms with Crippen molar-refractivity contribution >= 4 is 16.0 Å². The van der Waals surface area contributed by atoms with Crippen LogP contribution in [0, 0.1) is 17.1 Å². The number of benzene rings is 1. The van der Waals surface area contributed by atoms with Gasteiger partial charge in [-0.05, 0) is 18.2 Å². The molecule has 0 heterocycles. The molecule has 6 nitrogen and oxygen atoms in total. The minimum Gasteiger partial charge on any atom is -0.480 e. The molecule has 0 fully saturated rings. The largest absolute Gasteiger partial charge is 0.480 e. The van der Waals surface area contributed by atoms with Gasteiger partial charge in [-0.3, -0.25) is 4.79 Å². The van der Waals surface area contributed by atoms with Gasteiger partial charge in [0.15, 0.2) is 5.75 Å². The fourth-order valence-electron chi connectivity index (χ4n) is 1.37. The minimum atomic E-state index is -4.01. The molecule has 0 amide bonds. The monoisotopic (exact) mass is 286 g/mol.